The summed E-state index contributed by atoms with van der Waals surface area (Å²) in [6.45, 7) is 5.37. The molecule has 0 spiro atoms. The Bertz CT molecular complexity index is 899. The average Bonchev–Trinajstić information content (AvgIpc) is 3.28. The van der Waals surface area contributed by atoms with Gasteiger partial charge in [-0.25, -0.2) is 4.98 Å². The largest absolute Gasteiger partial charge is 0.376 e. The third-order valence-corrected chi connectivity index (χ3v) is 5.72. The molecule has 2 aromatic rings. The van der Waals surface area contributed by atoms with Crippen LogP contribution in [0.15, 0.2) is 11.1 Å². The number of nitrogens with zero attached hydrogens (tertiary/aromatic N) is 2. The van der Waals surface area contributed by atoms with Crippen molar-refractivity contribution in [1.29, 1.82) is 0 Å². The monoisotopic (exact) mass is 392 g/mol. The Morgan fingerprint density at radius 1 is 1.41 bits per heavy atom. The second-order valence-electron chi connectivity index (χ2n) is 6.61. The van der Waals surface area contributed by atoms with Gasteiger partial charge in [-0.3, -0.25) is 19.0 Å². The fraction of sp³-hybridized carbons (Fsp3) is 0.556. The summed E-state index contributed by atoms with van der Waals surface area (Å²) in [5.41, 5.74) is 0.291. The molecule has 27 heavy (non-hydrogen) atoms. The highest BCUT2D eigenvalue weighted by molar-refractivity contribution is 7.20. The van der Waals surface area contributed by atoms with Crippen LogP contribution in [0.3, 0.4) is 0 Å². The first-order chi connectivity index (χ1) is 13.0. The molecule has 3 heterocycles. The summed E-state index contributed by atoms with van der Waals surface area (Å²) in [7, 11) is 0. The third-order valence-electron chi connectivity index (χ3n) is 4.52. The molecule has 0 bridgehead atoms. The fourth-order valence-corrected chi connectivity index (χ4v) is 4.11. The van der Waals surface area contributed by atoms with Crippen LogP contribution in [0.2, 0.25) is 0 Å². The van der Waals surface area contributed by atoms with Gasteiger partial charge in [0.25, 0.3) is 11.5 Å². The number of nitrogens with one attached hydrogen (secondary N) is 2. The minimum Gasteiger partial charge on any atom is -0.376 e. The number of thiophene rings is 1. The van der Waals surface area contributed by atoms with Crippen LogP contribution in [0.5, 0.6) is 0 Å². The van der Waals surface area contributed by atoms with Crippen LogP contribution in [0, 0.1) is 6.92 Å². The van der Waals surface area contributed by atoms with Crippen molar-refractivity contribution in [2.75, 3.05) is 19.7 Å². The molecule has 3 rings (SSSR count). The minimum atomic E-state index is -0.307. The summed E-state index contributed by atoms with van der Waals surface area (Å²) >= 11 is 1.19. The van der Waals surface area contributed by atoms with Crippen molar-refractivity contribution in [2.24, 2.45) is 0 Å². The van der Waals surface area contributed by atoms with E-state index in [0.717, 1.165) is 25.9 Å². The van der Waals surface area contributed by atoms with Gasteiger partial charge in [-0.1, -0.05) is 6.92 Å². The van der Waals surface area contributed by atoms with Gasteiger partial charge in [0.05, 0.1) is 22.7 Å². The lowest BCUT2D eigenvalue weighted by Crippen LogP contribution is -2.33. The van der Waals surface area contributed by atoms with Crippen LogP contribution in [-0.2, 0) is 16.1 Å². The summed E-state index contributed by atoms with van der Waals surface area (Å²) in [6.07, 6.45) is 4.20. The average molecular weight is 392 g/mol. The number of hydrogen-bond donors (Lipinski definition) is 2. The zero-order valence-corrected chi connectivity index (χ0v) is 16.4. The number of hydrogen-bond acceptors (Lipinski definition) is 6. The predicted molar refractivity (Wildman–Crippen MR) is 103 cm³/mol. The number of aromatic nitrogens is 2. The Hall–Kier alpha value is -2.26. The molecule has 0 aliphatic carbocycles. The van der Waals surface area contributed by atoms with Crippen molar-refractivity contribution in [1.82, 2.24) is 20.2 Å². The first-order valence-corrected chi connectivity index (χ1v) is 9.98. The van der Waals surface area contributed by atoms with Crippen molar-refractivity contribution in [3.05, 3.63) is 27.1 Å². The molecule has 8 nitrogen and oxygen atoms in total. The Morgan fingerprint density at radius 3 is 2.93 bits per heavy atom. The molecule has 2 aromatic heterocycles. The van der Waals surface area contributed by atoms with E-state index in [0.29, 0.717) is 33.7 Å². The molecule has 1 aliphatic heterocycles. The van der Waals surface area contributed by atoms with Crippen molar-refractivity contribution in [3.63, 3.8) is 0 Å². The number of fused-ring (bicyclic) bond motifs is 1. The molecule has 1 fully saturated rings. The van der Waals surface area contributed by atoms with Gasteiger partial charge in [0.15, 0.2) is 0 Å². The van der Waals surface area contributed by atoms with Gasteiger partial charge in [-0.15, -0.1) is 11.3 Å². The number of aryl methyl sites for hydroxylation is 1. The number of ether oxygens (including phenoxy) is 1. The molecular formula is C18H24N4O4S. The number of amides is 2. The van der Waals surface area contributed by atoms with Crippen LogP contribution >= 0.6 is 11.3 Å². The molecule has 9 heteroatoms. The zero-order valence-electron chi connectivity index (χ0n) is 15.5. The summed E-state index contributed by atoms with van der Waals surface area (Å²) in [6, 6.07) is 0. The lowest BCUT2D eigenvalue weighted by atomic mass is 10.2. The van der Waals surface area contributed by atoms with Crippen LogP contribution in [-0.4, -0.2) is 47.2 Å². The third kappa shape index (κ3) is 4.36. The quantitative estimate of drug-likeness (QED) is 0.737. The van der Waals surface area contributed by atoms with Crippen LogP contribution < -0.4 is 16.2 Å². The molecule has 1 unspecified atom stereocenters. The first-order valence-electron chi connectivity index (χ1n) is 9.16. The van der Waals surface area contributed by atoms with Crippen molar-refractivity contribution in [2.45, 2.75) is 45.8 Å². The van der Waals surface area contributed by atoms with Gasteiger partial charge in [0, 0.05) is 19.7 Å². The second kappa shape index (κ2) is 8.62. The number of rotatable bonds is 7. The van der Waals surface area contributed by atoms with E-state index in [-0.39, 0.29) is 30.0 Å². The van der Waals surface area contributed by atoms with E-state index in [9.17, 15) is 14.4 Å². The molecule has 1 aliphatic rings. The molecule has 146 valence electrons. The van der Waals surface area contributed by atoms with Gasteiger partial charge in [-0.05, 0) is 31.7 Å². The lowest BCUT2D eigenvalue weighted by molar-refractivity contribution is -0.121. The molecular weight excluding hydrogens is 368 g/mol. The minimum absolute atomic E-state index is 0.0561. The molecule has 2 N–H and O–H groups in total. The Morgan fingerprint density at radius 2 is 2.22 bits per heavy atom. The van der Waals surface area contributed by atoms with E-state index in [4.69, 9.17) is 4.74 Å². The summed E-state index contributed by atoms with van der Waals surface area (Å²) in [5.74, 6) is -0.458. The molecule has 0 saturated carbocycles. The second-order valence-corrected chi connectivity index (χ2v) is 7.61. The lowest BCUT2D eigenvalue weighted by Gasteiger charge is -2.10. The van der Waals surface area contributed by atoms with Crippen molar-refractivity contribution in [3.8, 4) is 0 Å². The van der Waals surface area contributed by atoms with Gasteiger partial charge in [0.2, 0.25) is 5.91 Å². The highest BCUT2D eigenvalue weighted by atomic mass is 32.1. The molecule has 0 aromatic carbocycles. The maximum Gasteiger partial charge on any atom is 0.262 e. The highest BCUT2D eigenvalue weighted by Gasteiger charge is 2.22. The van der Waals surface area contributed by atoms with Crippen molar-refractivity contribution >= 4 is 33.4 Å². The number of carbonyl (C=O) groups excluding carboxylic acids is 2. The van der Waals surface area contributed by atoms with Crippen molar-refractivity contribution < 1.29 is 14.3 Å². The van der Waals surface area contributed by atoms with E-state index >= 15 is 0 Å². The normalized spacial score (nSPS) is 16.6. The maximum atomic E-state index is 12.8. The summed E-state index contributed by atoms with van der Waals surface area (Å²) in [4.78, 5) is 42.4. The molecule has 2 amide bonds. The fourth-order valence-electron chi connectivity index (χ4n) is 3.06. The smallest absolute Gasteiger partial charge is 0.262 e. The van der Waals surface area contributed by atoms with E-state index in [1.807, 2.05) is 6.92 Å². The van der Waals surface area contributed by atoms with Crippen LogP contribution in [0.4, 0.5) is 0 Å². The van der Waals surface area contributed by atoms with E-state index in [2.05, 4.69) is 15.6 Å². The predicted octanol–water partition coefficient (Wildman–Crippen LogP) is 1.20. The zero-order chi connectivity index (χ0) is 19.4. The topological polar surface area (TPSA) is 102 Å². The summed E-state index contributed by atoms with van der Waals surface area (Å²) < 4.78 is 6.79. The summed E-state index contributed by atoms with van der Waals surface area (Å²) in [5, 5.41) is 6.01. The molecule has 1 saturated heterocycles. The SMILES string of the molecule is CCCNC(=O)Cn1cnc2sc(C(=O)NCC3CCCO3)c(C)c2c1=O. The van der Waals surface area contributed by atoms with E-state index < -0.39 is 0 Å². The molecule has 1 atom stereocenters. The Labute approximate surface area is 160 Å². The standard InChI is InChI=1S/C18H24N4O4S/c1-3-6-19-13(23)9-22-10-21-17-14(18(22)25)11(2)15(27-17)16(24)20-8-12-5-4-7-26-12/h10,12H,3-9H2,1-2H3,(H,19,23)(H,20,24). The van der Waals surface area contributed by atoms with Gasteiger partial charge >= 0.3 is 0 Å². The molecule has 0 radical (unpaired) electrons. The van der Waals surface area contributed by atoms with Crippen LogP contribution in [0.1, 0.15) is 41.4 Å². The van der Waals surface area contributed by atoms with Gasteiger partial charge in [-0.2, -0.15) is 0 Å². The maximum absolute atomic E-state index is 12.8. The van der Waals surface area contributed by atoms with E-state index in [1.54, 1.807) is 6.92 Å². The van der Waals surface area contributed by atoms with Gasteiger partial charge < -0.3 is 15.4 Å². The Kier molecular flexibility index (Phi) is 6.22. The number of carbonyl (C=O) groups is 2. The van der Waals surface area contributed by atoms with E-state index in [1.165, 1.54) is 22.2 Å². The van der Waals surface area contributed by atoms with Gasteiger partial charge in [0.1, 0.15) is 11.4 Å². The Balaban J connectivity index is 1.79. The van der Waals surface area contributed by atoms with Crippen LogP contribution in [0.25, 0.3) is 10.2 Å². The first kappa shape index (κ1) is 19.5. The highest BCUT2D eigenvalue weighted by Crippen LogP contribution is 2.26.